The fourth-order valence-corrected chi connectivity index (χ4v) is 4.71. The minimum Gasteiger partial charge on any atom is -0.378 e. The molecule has 0 amide bonds. The van der Waals surface area contributed by atoms with Gasteiger partial charge in [0.1, 0.15) is 23.4 Å². The van der Waals surface area contributed by atoms with E-state index in [2.05, 4.69) is 15.0 Å². The van der Waals surface area contributed by atoms with Crippen LogP contribution in [0.2, 0.25) is 5.02 Å². The van der Waals surface area contributed by atoms with Gasteiger partial charge in [-0.1, -0.05) is 11.6 Å². The van der Waals surface area contributed by atoms with E-state index in [1.54, 1.807) is 23.0 Å². The number of ether oxygens (including phenoxy) is 2. The second-order valence-electron chi connectivity index (χ2n) is 8.24. The summed E-state index contributed by atoms with van der Waals surface area (Å²) in [5.74, 6) is -0.255. The van der Waals surface area contributed by atoms with Crippen molar-refractivity contribution in [1.29, 1.82) is 0 Å². The number of imidazole rings is 1. The van der Waals surface area contributed by atoms with Gasteiger partial charge >= 0.3 is 0 Å². The highest BCUT2D eigenvalue weighted by Crippen LogP contribution is 2.38. The van der Waals surface area contributed by atoms with Crippen LogP contribution in [0.4, 0.5) is 14.7 Å². The Balaban J connectivity index is 1.43. The van der Waals surface area contributed by atoms with Crippen LogP contribution in [0.1, 0.15) is 23.1 Å². The van der Waals surface area contributed by atoms with Crippen LogP contribution in [0.5, 0.6) is 0 Å². The van der Waals surface area contributed by atoms with Gasteiger partial charge in [0.2, 0.25) is 5.95 Å². The average molecular weight is 484 g/mol. The van der Waals surface area contributed by atoms with Gasteiger partial charge in [-0.3, -0.25) is 4.40 Å². The SMILES string of the molecule is Fc1ccc(Cl)c(C2OCCc3nc4cc(F)c(-c5cnc(N6CCOCC6)nc5)cn4c32)c1. The summed E-state index contributed by atoms with van der Waals surface area (Å²) in [4.78, 5) is 15.5. The Morgan fingerprint density at radius 3 is 2.62 bits per heavy atom. The first kappa shape index (κ1) is 21.4. The fourth-order valence-electron chi connectivity index (χ4n) is 4.50. The quantitative estimate of drug-likeness (QED) is 0.435. The van der Waals surface area contributed by atoms with E-state index in [9.17, 15) is 4.39 Å². The molecule has 6 rings (SSSR count). The number of hydrogen-bond donors (Lipinski definition) is 0. The van der Waals surface area contributed by atoms with Gasteiger partial charge in [0.15, 0.2) is 0 Å². The second kappa shape index (κ2) is 8.57. The largest absolute Gasteiger partial charge is 0.378 e. The highest BCUT2D eigenvalue weighted by atomic mass is 35.5. The first-order valence-corrected chi connectivity index (χ1v) is 11.4. The zero-order valence-corrected chi connectivity index (χ0v) is 18.8. The van der Waals surface area contributed by atoms with Crippen LogP contribution in [0.3, 0.4) is 0 Å². The van der Waals surface area contributed by atoms with E-state index in [-0.39, 0.29) is 0 Å². The summed E-state index contributed by atoms with van der Waals surface area (Å²) >= 11 is 6.38. The molecule has 0 bridgehead atoms. The van der Waals surface area contributed by atoms with Crippen molar-refractivity contribution in [3.8, 4) is 11.1 Å². The third-order valence-electron chi connectivity index (χ3n) is 6.18. The molecule has 0 N–H and O–H groups in total. The van der Waals surface area contributed by atoms with E-state index in [1.807, 2.05) is 4.90 Å². The molecule has 0 saturated carbocycles. The standard InChI is InChI=1S/C24H20ClF2N5O2/c25-18-2-1-15(26)9-16(18)23-22-20(3-6-34-23)30-21-10-19(27)17(13-32(21)22)14-11-28-24(29-12-14)31-4-7-33-8-5-31/h1-2,9-13,23H,3-8H2. The smallest absolute Gasteiger partial charge is 0.225 e. The zero-order chi connectivity index (χ0) is 23.2. The number of hydrogen-bond acceptors (Lipinski definition) is 6. The predicted octanol–water partition coefficient (Wildman–Crippen LogP) is 4.22. The number of morpholine rings is 1. The molecule has 0 radical (unpaired) electrons. The number of pyridine rings is 1. The number of rotatable bonds is 3. The molecule has 2 aliphatic heterocycles. The Hall–Kier alpha value is -3.14. The molecule has 174 valence electrons. The lowest BCUT2D eigenvalue weighted by atomic mass is 10.0. The Kier molecular flexibility index (Phi) is 5.40. The number of aromatic nitrogens is 4. The van der Waals surface area contributed by atoms with Crippen LogP contribution in [0.15, 0.2) is 42.9 Å². The molecule has 1 aromatic carbocycles. The summed E-state index contributed by atoms with van der Waals surface area (Å²) in [5.41, 5.74) is 3.30. The van der Waals surface area contributed by atoms with Crippen LogP contribution < -0.4 is 4.90 Å². The van der Waals surface area contributed by atoms with Crippen LogP contribution in [-0.4, -0.2) is 52.3 Å². The van der Waals surface area contributed by atoms with E-state index in [1.165, 1.54) is 24.3 Å². The molecule has 0 spiro atoms. The molecule has 2 aliphatic rings. The predicted molar refractivity (Wildman–Crippen MR) is 122 cm³/mol. The normalized spacial score (nSPS) is 18.3. The highest BCUT2D eigenvalue weighted by molar-refractivity contribution is 6.31. The van der Waals surface area contributed by atoms with Gasteiger partial charge in [-0.15, -0.1) is 0 Å². The molecule has 4 aromatic rings. The van der Waals surface area contributed by atoms with Crippen LogP contribution >= 0.6 is 11.6 Å². The second-order valence-corrected chi connectivity index (χ2v) is 8.65. The number of benzene rings is 1. The van der Waals surface area contributed by atoms with Gasteiger partial charge in [-0.2, -0.15) is 0 Å². The molecule has 0 aliphatic carbocycles. The Morgan fingerprint density at radius 2 is 1.82 bits per heavy atom. The fraction of sp³-hybridized carbons (Fsp3) is 0.292. The van der Waals surface area contributed by atoms with Crippen molar-refractivity contribution in [3.05, 3.63) is 76.5 Å². The van der Waals surface area contributed by atoms with E-state index in [0.717, 1.165) is 5.69 Å². The zero-order valence-electron chi connectivity index (χ0n) is 18.0. The molecule has 10 heteroatoms. The summed E-state index contributed by atoms with van der Waals surface area (Å²) in [6.45, 7) is 3.08. The Bertz CT molecular complexity index is 1370. The average Bonchev–Trinajstić information content (AvgIpc) is 3.23. The Morgan fingerprint density at radius 1 is 1.03 bits per heavy atom. The van der Waals surface area contributed by atoms with E-state index in [4.69, 9.17) is 21.1 Å². The monoisotopic (exact) mass is 483 g/mol. The maximum absolute atomic E-state index is 15.1. The van der Waals surface area contributed by atoms with Crippen molar-refractivity contribution in [1.82, 2.24) is 19.4 Å². The van der Waals surface area contributed by atoms with Crippen LogP contribution in [0, 0.1) is 11.6 Å². The molecule has 5 heterocycles. The van der Waals surface area contributed by atoms with Crippen molar-refractivity contribution in [3.63, 3.8) is 0 Å². The number of fused-ring (bicyclic) bond motifs is 3. The van der Waals surface area contributed by atoms with E-state index >= 15 is 4.39 Å². The molecule has 1 atom stereocenters. The topological polar surface area (TPSA) is 64.8 Å². The van der Waals surface area contributed by atoms with Crippen LogP contribution in [-0.2, 0) is 15.9 Å². The number of halogens is 3. The number of anilines is 1. The lowest BCUT2D eigenvalue weighted by Gasteiger charge is -2.26. The van der Waals surface area contributed by atoms with Crippen molar-refractivity contribution >= 4 is 23.2 Å². The van der Waals surface area contributed by atoms with Gasteiger partial charge < -0.3 is 14.4 Å². The van der Waals surface area contributed by atoms with E-state index < -0.39 is 17.7 Å². The van der Waals surface area contributed by atoms with Crippen molar-refractivity contribution < 1.29 is 18.3 Å². The highest BCUT2D eigenvalue weighted by Gasteiger charge is 2.30. The van der Waals surface area contributed by atoms with Gasteiger partial charge in [0, 0.05) is 65.9 Å². The summed E-state index contributed by atoms with van der Waals surface area (Å²) in [6.07, 6.45) is 4.83. The summed E-state index contributed by atoms with van der Waals surface area (Å²) in [5, 5.41) is 0.392. The first-order chi connectivity index (χ1) is 16.6. The minimum absolute atomic E-state index is 0.330. The molecule has 7 nitrogen and oxygen atoms in total. The number of nitrogens with zero attached hydrogens (tertiary/aromatic N) is 5. The third-order valence-corrected chi connectivity index (χ3v) is 6.52. The molecular weight excluding hydrogens is 464 g/mol. The Labute approximate surface area is 198 Å². The first-order valence-electron chi connectivity index (χ1n) is 11.0. The lowest BCUT2D eigenvalue weighted by Crippen LogP contribution is -2.37. The van der Waals surface area contributed by atoms with Gasteiger partial charge in [-0.05, 0) is 18.2 Å². The molecular formula is C24H20ClF2N5O2. The molecule has 1 unspecified atom stereocenters. The van der Waals surface area contributed by atoms with Gasteiger partial charge in [0.25, 0.3) is 0 Å². The maximum Gasteiger partial charge on any atom is 0.225 e. The maximum atomic E-state index is 15.1. The molecule has 34 heavy (non-hydrogen) atoms. The summed E-state index contributed by atoms with van der Waals surface area (Å²) < 4.78 is 42.3. The third kappa shape index (κ3) is 3.70. The molecule has 3 aromatic heterocycles. The van der Waals surface area contributed by atoms with Crippen molar-refractivity contribution in [2.75, 3.05) is 37.8 Å². The lowest BCUT2D eigenvalue weighted by molar-refractivity contribution is 0.0653. The minimum atomic E-state index is -0.625. The van der Waals surface area contributed by atoms with Gasteiger partial charge in [0.05, 0.1) is 31.2 Å². The van der Waals surface area contributed by atoms with Crippen molar-refractivity contribution in [2.24, 2.45) is 0 Å². The van der Waals surface area contributed by atoms with Crippen LogP contribution in [0.25, 0.3) is 16.8 Å². The van der Waals surface area contributed by atoms with Crippen molar-refractivity contribution in [2.45, 2.75) is 12.5 Å². The summed E-state index contributed by atoms with van der Waals surface area (Å²) in [7, 11) is 0. The van der Waals surface area contributed by atoms with E-state index in [0.29, 0.717) is 78.3 Å². The molecule has 1 saturated heterocycles. The summed E-state index contributed by atoms with van der Waals surface area (Å²) in [6, 6.07) is 5.56. The van der Waals surface area contributed by atoms with Gasteiger partial charge in [-0.25, -0.2) is 23.7 Å². The molecule has 1 fully saturated rings.